The molecule has 0 unspecified atom stereocenters. The fourth-order valence-corrected chi connectivity index (χ4v) is 3.69. The number of urea groups is 1. The first-order valence-corrected chi connectivity index (χ1v) is 9.60. The highest BCUT2D eigenvalue weighted by Gasteiger charge is 2.52. The van der Waals surface area contributed by atoms with Gasteiger partial charge in [-0.1, -0.05) is 18.5 Å². The van der Waals surface area contributed by atoms with Crippen LogP contribution in [0.4, 0.5) is 4.79 Å². The zero-order valence-corrected chi connectivity index (χ0v) is 16.9. The Morgan fingerprint density at radius 1 is 1.31 bits per heavy atom. The molecule has 1 saturated heterocycles. The van der Waals surface area contributed by atoms with Gasteiger partial charge in [0.1, 0.15) is 16.9 Å². The number of halogens is 1. The van der Waals surface area contributed by atoms with E-state index in [0.29, 0.717) is 28.8 Å². The first kappa shape index (κ1) is 20.9. The summed E-state index contributed by atoms with van der Waals surface area (Å²) in [5.74, 6) is -1.41. The molecule has 0 aromatic heterocycles. The number of imide groups is 1. The van der Waals surface area contributed by atoms with Crippen LogP contribution in [0.1, 0.15) is 43.0 Å². The van der Waals surface area contributed by atoms with Crippen molar-refractivity contribution in [2.75, 3.05) is 13.7 Å². The number of benzene rings is 1. The Morgan fingerprint density at radius 3 is 2.66 bits per heavy atom. The molecule has 9 nitrogen and oxygen atoms in total. The molecule has 1 heterocycles. The molecule has 156 valence electrons. The van der Waals surface area contributed by atoms with Crippen molar-refractivity contribution in [1.82, 2.24) is 15.8 Å². The third-order valence-corrected chi connectivity index (χ3v) is 5.48. The van der Waals surface area contributed by atoms with Crippen LogP contribution in [0.25, 0.3) is 0 Å². The quantitative estimate of drug-likeness (QED) is 0.553. The lowest BCUT2D eigenvalue weighted by molar-refractivity contribution is -0.141. The minimum atomic E-state index is -0.971. The van der Waals surface area contributed by atoms with E-state index in [2.05, 4.69) is 17.7 Å². The number of hydrogen-bond acceptors (Lipinski definition) is 6. The molecule has 1 aromatic rings. The smallest absolute Gasteiger partial charge is 0.344 e. The van der Waals surface area contributed by atoms with Crippen molar-refractivity contribution in [3.8, 4) is 5.75 Å². The van der Waals surface area contributed by atoms with Crippen LogP contribution in [-0.2, 0) is 14.3 Å². The molecule has 2 aliphatic rings. The van der Waals surface area contributed by atoms with E-state index in [4.69, 9.17) is 21.1 Å². The summed E-state index contributed by atoms with van der Waals surface area (Å²) in [6.07, 6.45) is 2.67. The van der Waals surface area contributed by atoms with Crippen molar-refractivity contribution in [1.29, 1.82) is 0 Å². The fraction of sp³-hybridized carbons (Fsp3) is 0.474. The molecule has 1 aromatic carbocycles. The number of ether oxygens (including phenoxy) is 2. The lowest BCUT2D eigenvalue weighted by Gasteiger charge is -2.33. The average molecular weight is 424 g/mol. The van der Waals surface area contributed by atoms with E-state index in [9.17, 15) is 19.2 Å². The van der Waals surface area contributed by atoms with Gasteiger partial charge in [0.25, 0.3) is 11.8 Å². The predicted octanol–water partition coefficient (Wildman–Crippen LogP) is 2.04. The number of carbonyl (C=O) groups is 4. The van der Waals surface area contributed by atoms with Crippen LogP contribution in [0.3, 0.4) is 0 Å². The third-order valence-electron chi connectivity index (χ3n) is 5.24. The molecular weight excluding hydrogens is 402 g/mol. The van der Waals surface area contributed by atoms with Crippen LogP contribution in [0, 0.1) is 5.92 Å². The Bertz CT molecular complexity index is 850. The number of hydrogen-bond donors (Lipinski definition) is 2. The summed E-state index contributed by atoms with van der Waals surface area (Å²) in [5, 5.41) is 3.65. The van der Waals surface area contributed by atoms with E-state index in [1.807, 2.05) is 0 Å². The van der Waals surface area contributed by atoms with Gasteiger partial charge in [0.2, 0.25) is 0 Å². The van der Waals surface area contributed by atoms with Crippen LogP contribution >= 0.6 is 11.6 Å². The normalized spacial score (nSPS) is 23.7. The number of nitrogens with zero attached hydrogens (tertiary/aromatic N) is 1. The number of carbonyl (C=O) groups excluding carboxylic acids is 4. The van der Waals surface area contributed by atoms with Crippen molar-refractivity contribution in [2.45, 2.75) is 38.1 Å². The van der Waals surface area contributed by atoms with Gasteiger partial charge in [-0.2, -0.15) is 5.01 Å². The molecule has 2 fully saturated rings. The summed E-state index contributed by atoms with van der Waals surface area (Å²) in [6.45, 7) is 1.41. The number of hydrazine groups is 1. The summed E-state index contributed by atoms with van der Waals surface area (Å²) < 4.78 is 10.0. The van der Waals surface area contributed by atoms with Gasteiger partial charge in [-0.05, 0) is 49.8 Å². The van der Waals surface area contributed by atoms with E-state index in [1.165, 1.54) is 19.2 Å². The van der Waals surface area contributed by atoms with Crippen LogP contribution < -0.4 is 15.5 Å². The van der Waals surface area contributed by atoms with Crippen molar-refractivity contribution >= 4 is 35.4 Å². The van der Waals surface area contributed by atoms with Crippen LogP contribution in [0.5, 0.6) is 5.75 Å². The van der Waals surface area contributed by atoms with Gasteiger partial charge in [0.05, 0.1) is 7.11 Å². The summed E-state index contributed by atoms with van der Waals surface area (Å²) in [4.78, 5) is 49.3. The molecule has 10 heteroatoms. The Hall–Kier alpha value is -2.81. The highest BCUT2D eigenvalue weighted by Crippen LogP contribution is 2.35. The molecule has 0 atom stereocenters. The van der Waals surface area contributed by atoms with Gasteiger partial charge in [-0.25, -0.2) is 9.59 Å². The van der Waals surface area contributed by atoms with Crippen LogP contribution in [0.15, 0.2) is 18.2 Å². The molecule has 29 heavy (non-hydrogen) atoms. The number of nitrogens with one attached hydrogen (secondary N) is 2. The SMILES string of the molecule is COc1ccc(Cl)cc1C(=O)OCC(=O)NN1C(=O)NC2(CCC(C)CC2)C1=O. The topological polar surface area (TPSA) is 114 Å². The van der Waals surface area contributed by atoms with Gasteiger partial charge in [0, 0.05) is 5.02 Å². The monoisotopic (exact) mass is 423 g/mol. The molecule has 3 rings (SSSR count). The number of amides is 4. The van der Waals surface area contributed by atoms with Gasteiger partial charge in [-0.15, -0.1) is 0 Å². The van der Waals surface area contributed by atoms with Gasteiger partial charge in [-0.3, -0.25) is 15.0 Å². The standard InChI is InChI=1S/C19H22ClN3O6/c1-11-5-7-19(8-6-11)17(26)23(18(27)21-19)22-15(24)10-29-16(25)13-9-12(20)3-4-14(13)28-2/h3-4,9,11H,5-8,10H2,1-2H3,(H,21,27)(H,22,24). The minimum Gasteiger partial charge on any atom is -0.496 e. The van der Waals surface area contributed by atoms with Crippen LogP contribution in [0.2, 0.25) is 5.02 Å². The predicted molar refractivity (Wildman–Crippen MR) is 102 cm³/mol. The summed E-state index contributed by atoms with van der Waals surface area (Å²) in [6, 6.07) is 3.70. The van der Waals surface area contributed by atoms with Crippen molar-refractivity contribution in [3.05, 3.63) is 28.8 Å². The largest absolute Gasteiger partial charge is 0.496 e. The zero-order valence-electron chi connectivity index (χ0n) is 16.1. The molecule has 1 aliphatic heterocycles. The highest BCUT2D eigenvalue weighted by atomic mass is 35.5. The average Bonchev–Trinajstić information content (AvgIpc) is 2.92. The lowest BCUT2D eigenvalue weighted by atomic mass is 9.77. The lowest BCUT2D eigenvalue weighted by Crippen LogP contribution is -2.52. The number of esters is 1. The zero-order chi connectivity index (χ0) is 21.2. The number of rotatable bonds is 5. The second-order valence-electron chi connectivity index (χ2n) is 7.29. The van der Waals surface area contributed by atoms with Crippen molar-refractivity contribution < 1.29 is 28.7 Å². The van der Waals surface area contributed by atoms with E-state index >= 15 is 0 Å². The van der Waals surface area contributed by atoms with Gasteiger partial charge in [0.15, 0.2) is 6.61 Å². The molecule has 2 N–H and O–H groups in total. The summed E-state index contributed by atoms with van der Waals surface area (Å²) >= 11 is 5.87. The Balaban J connectivity index is 1.58. The molecule has 1 saturated carbocycles. The maximum Gasteiger partial charge on any atom is 0.344 e. The fourth-order valence-electron chi connectivity index (χ4n) is 3.52. The second kappa shape index (κ2) is 8.28. The van der Waals surface area contributed by atoms with Gasteiger partial charge >= 0.3 is 12.0 Å². The molecule has 4 amide bonds. The Labute approximate surface area is 172 Å². The van der Waals surface area contributed by atoms with E-state index < -0.39 is 36.0 Å². The second-order valence-corrected chi connectivity index (χ2v) is 7.73. The maximum absolute atomic E-state index is 12.7. The molecule has 1 aliphatic carbocycles. The number of methoxy groups -OCH3 is 1. The first-order chi connectivity index (χ1) is 13.8. The Morgan fingerprint density at radius 2 is 2.00 bits per heavy atom. The molecular formula is C19H22ClN3O6. The molecule has 0 bridgehead atoms. The highest BCUT2D eigenvalue weighted by molar-refractivity contribution is 6.31. The van der Waals surface area contributed by atoms with Crippen molar-refractivity contribution in [2.24, 2.45) is 5.92 Å². The summed E-state index contributed by atoms with van der Waals surface area (Å²) in [5.41, 5.74) is 1.29. The Kier molecular flexibility index (Phi) is 5.97. The van der Waals surface area contributed by atoms with Gasteiger partial charge < -0.3 is 14.8 Å². The molecule has 1 spiro atoms. The van der Waals surface area contributed by atoms with E-state index in [0.717, 1.165) is 12.8 Å². The minimum absolute atomic E-state index is 0.0538. The van der Waals surface area contributed by atoms with Crippen LogP contribution in [-0.4, -0.2) is 48.1 Å². The summed E-state index contributed by atoms with van der Waals surface area (Å²) in [7, 11) is 1.38. The molecule has 0 radical (unpaired) electrons. The third kappa shape index (κ3) is 4.29. The van der Waals surface area contributed by atoms with Crippen molar-refractivity contribution in [3.63, 3.8) is 0 Å². The maximum atomic E-state index is 12.7. The first-order valence-electron chi connectivity index (χ1n) is 9.22. The van der Waals surface area contributed by atoms with E-state index in [1.54, 1.807) is 6.07 Å². The van der Waals surface area contributed by atoms with E-state index in [-0.39, 0.29) is 11.3 Å².